The molecule has 5 heteroatoms. The van der Waals surface area contributed by atoms with Crippen molar-refractivity contribution < 1.29 is 9.53 Å². The highest BCUT2D eigenvalue weighted by Gasteiger charge is 2.07. The van der Waals surface area contributed by atoms with Gasteiger partial charge in [0.25, 0.3) is 0 Å². The summed E-state index contributed by atoms with van der Waals surface area (Å²) < 4.78 is 4.57. The van der Waals surface area contributed by atoms with E-state index >= 15 is 0 Å². The average molecular weight is 205 g/mol. The Hall–Kier alpha value is -2.00. The molecular formula is C10H11N3O2. The van der Waals surface area contributed by atoms with Gasteiger partial charge >= 0.3 is 5.97 Å². The van der Waals surface area contributed by atoms with E-state index in [-0.39, 0.29) is 0 Å². The summed E-state index contributed by atoms with van der Waals surface area (Å²) in [5.74, 6) is -0.438. The highest BCUT2D eigenvalue weighted by Crippen LogP contribution is 2.22. The van der Waals surface area contributed by atoms with Crippen molar-refractivity contribution in [2.45, 2.75) is 13.3 Å². The number of carbonyl (C=O) groups is 1. The van der Waals surface area contributed by atoms with Crippen LogP contribution in [0.15, 0.2) is 23.3 Å². The number of nitrogens with zero attached hydrogens (tertiary/aromatic N) is 3. The summed E-state index contributed by atoms with van der Waals surface area (Å²) in [7, 11) is 1.31. The van der Waals surface area contributed by atoms with Crippen molar-refractivity contribution in [3.8, 4) is 0 Å². The first-order valence-electron chi connectivity index (χ1n) is 4.49. The lowest BCUT2D eigenvalue weighted by molar-refractivity contribution is 0.0601. The number of rotatable bonds is 3. The van der Waals surface area contributed by atoms with Crippen molar-refractivity contribution in [3.63, 3.8) is 0 Å². The lowest BCUT2D eigenvalue weighted by atomic mass is 10.1. The minimum atomic E-state index is -0.438. The lowest BCUT2D eigenvalue weighted by Gasteiger charge is -2.04. The number of aryl methyl sites for hydroxylation is 1. The smallest absolute Gasteiger partial charge is 0.337 e. The summed E-state index contributed by atoms with van der Waals surface area (Å²) in [4.78, 5) is 13.9. The van der Waals surface area contributed by atoms with Gasteiger partial charge in [0, 0.05) is 10.6 Å². The largest absolute Gasteiger partial charge is 0.465 e. The van der Waals surface area contributed by atoms with Crippen molar-refractivity contribution in [2.75, 3.05) is 7.11 Å². The zero-order valence-electron chi connectivity index (χ0n) is 8.60. The molecule has 15 heavy (non-hydrogen) atoms. The second-order valence-electron chi connectivity index (χ2n) is 2.88. The molecule has 1 aromatic rings. The third-order valence-corrected chi connectivity index (χ3v) is 2.04. The fourth-order valence-electron chi connectivity index (χ4n) is 1.25. The number of benzene rings is 1. The summed E-state index contributed by atoms with van der Waals surface area (Å²) in [5, 5.41) is 3.53. The van der Waals surface area contributed by atoms with Crippen LogP contribution in [-0.4, -0.2) is 13.1 Å². The van der Waals surface area contributed by atoms with Gasteiger partial charge in [-0.25, -0.2) is 4.79 Å². The Bertz CT molecular complexity index is 423. The zero-order valence-corrected chi connectivity index (χ0v) is 8.60. The normalized spacial score (nSPS) is 9.20. The number of hydrogen-bond acceptors (Lipinski definition) is 3. The molecule has 78 valence electrons. The van der Waals surface area contributed by atoms with Crippen LogP contribution in [0.1, 0.15) is 22.8 Å². The maximum absolute atomic E-state index is 11.2. The molecule has 1 rings (SSSR count). The van der Waals surface area contributed by atoms with Crippen LogP contribution in [-0.2, 0) is 11.2 Å². The molecule has 5 nitrogen and oxygen atoms in total. The zero-order chi connectivity index (χ0) is 11.3. The van der Waals surface area contributed by atoms with Crippen LogP contribution >= 0.6 is 0 Å². The third kappa shape index (κ3) is 2.48. The predicted molar refractivity (Wildman–Crippen MR) is 56.0 cm³/mol. The van der Waals surface area contributed by atoms with E-state index in [2.05, 4.69) is 14.8 Å². The lowest BCUT2D eigenvalue weighted by Crippen LogP contribution is -2.01. The van der Waals surface area contributed by atoms with E-state index in [4.69, 9.17) is 5.53 Å². The number of hydrogen-bond donors (Lipinski definition) is 0. The molecule has 0 bridgehead atoms. The van der Waals surface area contributed by atoms with Crippen molar-refractivity contribution in [2.24, 2.45) is 5.11 Å². The number of ether oxygens (including phenoxy) is 1. The highest BCUT2D eigenvalue weighted by atomic mass is 16.5. The molecule has 0 spiro atoms. The molecule has 0 atom stereocenters. The van der Waals surface area contributed by atoms with Gasteiger partial charge in [-0.1, -0.05) is 18.1 Å². The van der Waals surface area contributed by atoms with Crippen LogP contribution in [0, 0.1) is 0 Å². The summed E-state index contributed by atoms with van der Waals surface area (Å²) >= 11 is 0. The molecule has 1 aromatic carbocycles. The fraction of sp³-hybridized carbons (Fsp3) is 0.300. The van der Waals surface area contributed by atoms with Crippen LogP contribution in [0.25, 0.3) is 10.4 Å². The van der Waals surface area contributed by atoms with E-state index in [9.17, 15) is 4.79 Å². The van der Waals surface area contributed by atoms with Crippen LogP contribution in [0.4, 0.5) is 5.69 Å². The highest BCUT2D eigenvalue weighted by molar-refractivity contribution is 5.90. The van der Waals surface area contributed by atoms with Crippen LogP contribution < -0.4 is 0 Å². The van der Waals surface area contributed by atoms with Gasteiger partial charge in [0.1, 0.15) is 0 Å². The standard InChI is InChI=1S/C10H11N3O2/c1-3-7-4-5-8(10(14)15-2)6-9(7)12-13-11/h4-6H,3H2,1-2H3. The Balaban J connectivity index is 3.21. The minimum absolute atomic E-state index is 0.386. The SMILES string of the molecule is CCc1ccc(C(=O)OC)cc1N=[N+]=[N-]. The molecule has 0 fully saturated rings. The topological polar surface area (TPSA) is 75.1 Å². The first kappa shape index (κ1) is 11.1. The summed E-state index contributed by atoms with van der Waals surface area (Å²) in [6.45, 7) is 1.95. The molecule has 0 saturated heterocycles. The Morgan fingerprint density at radius 2 is 2.33 bits per heavy atom. The Labute approximate surface area is 87.3 Å². The van der Waals surface area contributed by atoms with Gasteiger partial charge in [0.2, 0.25) is 0 Å². The van der Waals surface area contributed by atoms with Crippen molar-refractivity contribution in [3.05, 3.63) is 39.8 Å². The van der Waals surface area contributed by atoms with Crippen LogP contribution in [0.3, 0.4) is 0 Å². The van der Waals surface area contributed by atoms with Gasteiger partial charge in [-0.15, -0.1) is 0 Å². The van der Waals surface area contributed by atoms with Gasteiger partial charge in [-0.3, -0.25) is 0 Å². The van der Waals surface area contributed by atoms with Gasteiger partial charge in [0.15, 0.2) is 0 Å². The predicted octanol–water partition coefficient (Wildman–Crippen LogP) is 2.98. The first-order valence-corrected chi connectivity index (χ1v) is 4.49. The van der Waals surface area contributed by atoms with Crippen molar-refractivity contribution in [1.82, 2.24) is 0 Å². The molecule has 0 aromatic heterocycles. The van der Waals surface area contributed by atoms with E-state index in [1.165, 1.54) is 13.2 Å². The first-order chi connectivity index (χ1) is 7.22. The van der Waals surface area contributed by atoms with Crippen molar-refractivity contribution >= 4 is 11.7 Å². The summed E-state index contributed by atoms with van der Waals surface area (Å²) in [5.41, 5.74) is 10.1. The van der Waals surface area contributed by atoms with E-state index in [0.29, 0.717) is 11.3 Å². The molecule has 0 saturated carbocycles. The summed E-state index contributed by atoms with van der Waals surface area (Å²) in [6, 6.07) is 4.95. The molecule has 0 unspecified atom stereocenters. The summed E-state index contributed by atoms with van der Waals surface area (Å²) in [6.07, 6.45) is 0.746. The Kier molecular flexibility index (Phi) is 3.71. The van der Waals surface area contributed by atoms with Crippen molar-refractivity contribution in [1.29, 1.82) is 0 Å². The Morgan fingerprint density at radius 1 is 1.60 bits per heavy atom. The van der Waals surface area contributed by atoms with Gasteiger partial charge in [-0.05, 0) is 29.6 Å². The van der Waals surface area contributed by atoms with E-state index < -0.39 is 5.97 Å². The number of azide groups is 1. The molecule has 0 aliphatic rings. The number of methoxy groups -OCH3 is 1. The van der Waals surface area contributed by atoms with E-state index in [1.807, 2.05) is 6.92 Å². The molecule has 0 aliphatic heterocycles. The van der Waals surface area contributed by atoms with Gasteiger partial charge < -0.3 is 4.74 Å². The number of carbonyl (C=O) groups excluding carboxylic acids is 1. The maximum atomic E-state index is 11.2. The number of esters is 1. The van der Waals surface area contributed by atoms with Gasteiger partial charge in [0.05, 0.1) is 12.7 Å². The molecular weight excluding hydrogens is 194 g/mol. The minimum Gasteiger partial charge on any atom is -0.465 e. The second-order valence-corrected chi connectivity index (χ2v) is 2.88. The molecule has 0 aliphatic carbocycles. The quantitative estimate of drug-likeness (QED) is 0.329. The van der Waals surface area contributed by atoms with Gasteiger partial charge in [-0.2, -0.15) is 0 Å². The Morgan fingerprint density at radius 3 is 2.87 bits per heavy atom. The maximum Gasteiger partial charge on any atom is 0.337 e. The fourth-order valence-corrected chi connectivity index (χ4v) is 1.25. The molecule has 0 heterocycles. The van der Waals surface area contributed by atoms with Crippen LogP contribution in [0.2, 0.25) is 0 Å². The molecule has 0 N–H and O–H groups in total. The molecule has 0 radical (unpaired) electrons. The van der Waals surface area contributed by atoms with E-state index in [0.717, 1.165) is 12.0 Å². The monoisotopic (exact) mass is 205 g/mol. The third-order valence-electron chi connectivity index (χ3n) is 2.04. The van der Waals surface area contributed by atoms with E-state index in [1.54, 1.807) is 12.1 Å². The second kappa shape index (κ2) is 5.02. The van der Waals surface area contributed by atoms with Crippen LogP contribution in [0.5, 0.6) is 0 Å². The molecule has 0 amide bonds. The average Bonchev–Trinajstić information content (AvgIpc) is 2.28.